The standard InChI is InChI=1S/C12H18N4O/c1-8(2)11(17)9-5-14-12(15-6-9)16-4-3-10(13)7-16/h5-6,8,10H,3-4,7,13H2,1-2H3. The van der Waals surface area contributed by atoms with Gasteiger partial charge in [0.25, 0.3) is 0 Å². The quantitative estimate of drug-likeness (QED) is 0.785. The Kier molecular flexibility index (Phi) is 3.38. The number of carbonyl (C=O) groups is 1. The molecule has 1 aromatic rings. The van der Waals surface area contributed by atoms with Crippen LogP contribution in [0.15, 0.2) is 12.4 Å². The van der Waals surface area contributed by atoms with Crippen molar-refractivity contribution in [3.8, 4) is 0 Å². The zero-order valence-electron chi connectivity index (χ0n) is 10.3. The Morgan fingerprint density at radius 2 is 2.12 bits per heavy atom. The van der Waals surface area contributed by atoms with Crippen molar-refractivity contribution < 1.29 is 4.79 Å². The molecular weight excluding hydrogens is 216 g/mol. The van der Waals surface area contributed by atoms with Gasteiger partial charge in [0.2, 0.25) is 5.95 Å². The number of rotatable bonds is 3. The number of nitrogens with two attached hydrogens (primary N) is 1. The second-order valence-corrected chi connectivity index (χ2v) is 4.79. The average Bonchev–Trinajstić information content (AvgIpc) is 2.75. The van der Waals surface area contributed by atoms with Crippen LogP contribution in [0.3, 0.4) is 0 Å². The van der Waals surface area contributed by atoms with Gasteiger partial charge in [-0.1, -0.05) is 13.8 Å². The summed E-state index contributed by atoms with van der Waals surface area (Å²) in [5.41, 5.74) is 6.41. The largest absolute Gasteiger partial charge is 0.339 e. The summed E-state index contributed by atoms with van der Waals surface area (Å²) in [6.45, 7) is 5.42. The predicted molar refractivity (Wildman–Crippen MR) is 66.0 cm³/mol. The minimum Gasteiger partial charge on any atom is -0.339 e. The summed E-state index contributed by atoms with van der Waals surface area (Å²) in [7, 11) is 0. The third-order valence-corrected chi connectivity index (χ3v) is 2.95. The maximum absolute atomic E-state index is 11.7. The zero-order valence-corrected chi connectivity index (χ0v) is 10.3. The summed E-state index contributed by atoms with van der Waals surface area (Å²) in [4.78, 5) is 22.2. The Morgan fingerprint density at radius 3 is 2.59 bits per heavy atom. The highest BCUT2D eigenvalue weighted by Gasteiger charge is 2.21. The minimum atomic E-state index is -0.0235. The van der Waals surface area contributed by atoms with Crippen LogP contribution in [-0.4, -0.2) is 34.9 Å². The van der Waals surface area contributed by atoms with Crippen molar-refractivity contribution in [1.82, 2.24) is 9.97 Å². The second-order valence-electron chi connectivity index (χ2n) is 4.79. The van der Waals surface area contributed by atoms with Gasteiger partial charge in [-0.05, 0) is 6.42 Å². The molecule has 92 valence electrons. The molecular formula is C12H18N4O. The fourth-order valence-electron chi connectivity index (χ4n) is 1.91. The summed E-state index contributed by atoms with van der Waals surface area (Å²) in [6, 6.07) is 0.204. The van der Waals surface area contributed by atoms with Crippen LogP contribution in [0.1, 0.15) is 30.6 Å². The molecule has 0 spiro atoms. The minimum absolute atomic E-state index is 0.0235. The Labute approximate surface area is 101 Å². The third kappa shape index (κ3) is 2.61. The maximum atomic E-state index is 11.7. The van der Waals surface area contributed by atoms with Gasteiger partial charge in [-0.15, -0.1) is 0 Å². The summed E-state index contributed by atoms with van der Waals surface area (Å²) in [6.07, 6.45) is 4.18. The molecule has 5 nitrogen and oxygen atoms in total. The van der Waals surface area contributed by atoms with E-state index in [1.165, 1.54) is 0 Å². The van der Waals surface area contributed by atoms with E-state index in [9.17, 15) is 4.79 Å². The number of ketones is 1. The molecule has 2 heterocycles. The van der Waals surface area contributed by atoms with Gasteiger partial charge in [0.1, 0.15) is 0 Å². The molecule has 1 atom stereocenters. The molecule has 0 bridgehead atoms. The Bertz CT molecular complexity index is 401. The Morgan fingerprint density at radius 1 is 1.47 bits per heavy atom. The topological polar surface area (TPSA) is 72.1 Å². The lowest BCUT2D eigenvalue weighted by Crippen LogP contribution is -2.27. The summed E-state index contributed by atoms with van der Waals surface area (Å²) in [5.74, 6) is 0.720. The number of hydrogen-bond donors (Lipinski definition) is 1. The fraction of sp³-hybridized carbons (Fsp3) is 0.583. The highest BCUT2D eigenvalue weighted by Crippen LogP contribution is 2.15. The number of Topliss-reactive ketones (excluding diaryl/α,β-unsaturated/α-hetero) is 1. The molecule has 1 saturated heterocycles. The molecule has 1 aromatic heterocycles. The molecule has 1 aliphatic heterocycles. The number of hydrogen-bond acceptors (Lipinski definition) is 5. The number of aromatic nitrogens is 2. The van der Waals surface area contributed by atoms with E-state index in [0.29, 0.717) is 11.5 Å². The van der Waals surface area contributed by atoms with Crippen molar-refractivity contribution in [3.05, 3.63) is 18.0 Å². The van der Waals surface area contributed by atoms with E-state index in [4.69, 9.17) is 5.73 Å². The van der Waals surface area contributed by atoms with Crippen molar-refractivity contribution in [1.29, 1.82) is 0 Å². The summed E-state index contributed by atoms with van der Waals surface area (Å²) >= 11 is 0. The molecule has 0 aromatic carbocycles. The average molecular weight is 234 g/mol. The second kappa shape index (κ2) is 4.79. The van der Waals surface area contributed by atoms with E-state index >= 15 is 0 Å². The smallest absolute Gasteiger partial charge is 0.225 e. The molecule has 5 heteroatoms. The van der Waals surface area contributed by atoms with Crippen molar-refractivity contribution >= 4 is 11.7 Å². The van der Waals surface area contributed by atoms with Crippen LogP contribution >= 0.6 is 0 Å². The van der Waals surface area contributed by atoms with Crippen molar-refractivity contribution in [2.45, 2.75) is 26.3 Å². The molecule has 2 N–H and O–H groups in total. The SMILES string of the molecule is CC(C)C(=O)c1cnc(N2CCC(N)C2)nc1. The first-order chi connectivity index (χ1) is 8.08. The molecule has 0 radical (unpaired) electrons. The fourth-order valence-corrected chi connectivity index (χ4v) is 1.91. The summed E-state index contributed by atoms with van der Waals surface area (Å²) < 4.78 is 0. The summed E-state index contributed by atoms with van der Waals surface area (Å²) in [5, 5.41) is 0. The molecule has 0 saturated carbocycles. The zero-order chi connectivity index (χ0) is 12.4. The van der Waals surface area contributed by atoms with E-state index < -0.39 is 0 Å². The van der Waals surface area contributed by atoms with Crippen LogP contribution in [0.25, 0.3) is 0 Å². The van der Waals surface area contributed by atoms with Crippen LogP contribution in [0, 0.1) is 5.92 Å². The van der Waals surface area contributed by atoms with Gasteiger partial charge in [0, 0.05) is 37.4 Å². The van der Waals surface area contributed by atoms with E-state index in [2.05, 4.69) is 9.97 Å². The van der Waals surface area contributed by atoms with Gasteiger partial charge in [0.05, 0.1) is 5.56 Å². The Balaban J connectivity index is 2.10. The van der Waals surface area contributed by atoms with E-state index in [1.54, 1.807) is 12.4 Å². The first-order valence-corrected chi connectivity index (χ1v) is 5.94. The lowest BCUT2D eigenvalue weighted by molar-refractivity contribution is 0.0938. The molecule has 17 heavy (non-hydrogen) atoms. The van der Waals surface area contributed by atoms with Gasteiger partial charge in [-0.3, -0.25) is 4.79 Å². The monoisotopic (exact) mass is 234 g/mol. The lowest BCUT2D eigenvalue weighted by Gasteiger charge is -2.15. The van der Waals surface area contributed by atoms with Gasteiger partial charge < -0.3 is 10.6 Å². The maximum Gasteiger partial charge on any atom is 0.225 e. The highest BCUT2D eigenvalue weighted by molar-refractivity contribution is 5.96. The van der Waals surface area contributed by atoms with Crippen molar-refractivity contribution in [2.75, 3.05) is 18.0 Å². The Hall–Kier alpha value is -1.49. The van der Waals surface area contributed by atoms with Gasteiger partial charge in [-0.2, -0.15) is 0 Å². The van der Waals surface area contributed by atoms with Crippen molar-refractivity contribution in [3.63, 3.8) is 0 Å². The number of nitrogens with zero attached hydrogens (tertiary/aromatic N) is 3. The molecule has 1 aliphatic rings. The number of anilines is 1. The van der Waals surface area contributed by atoms with Gasteiger partial charge in [0.15, 0.2) is 5.78 Å². The van der Waals surface area contributed by atoms with Crippen LogP contribution in [0.5, 0.6) is 0 Å². The van der Waals surface area contributed by atoms with Crippen LogP contribution in [-0.2, 0) is 0 Å². The first-order valence-electron chi connectivity index (χ1n) is 5.94. The normalized spacial score (nSPS) is 20.0. The number of carbonyl (C=O) groups excluding carboxylic acids is 1. The molecule has 0 aliphatic carbocycles. The molecule has 0 amide bonds. The lowest BCUT2D eigenvalue weighted by atomic mass is 10.0. The van der Waals surface area contributed by atoms with Crippen LogP contribution in [0.2, 0.25) is 0 Å². The van der Waals surface area contributed by atoms with Gasteiger partial charge in [-0.25, -0.2) is 9.97 Å². The highest BCUT2D eigenvalue weighted by atomic mass is 16.1. The van der Waals surface area contributed by atoms with Crippen molar-refractivity contribution in [2.24, 2.45) is 11.7 Å². The first kappa shape index (κ1) is 12.0. The van der Waals surface area contributed by atoms with Crippen LogP contribution in [0.4, 0.5) is 5.95 Å². The predicted octanol–water partition coefficient (Wildman–Crippen LogP) is 0.853. The molecule has 2 rings (SSSR count). The third-order valence-electron chi connectivity index (χ3n) is 2.95. The van der Waals surface area contributed by atoms with E-state index in [-0.39, 0.29) is 17.7 Å². The molecule has 1 fully saturated rings. The van der Waals surface area contributed by atoms with E-state index in [0.717, 1.165) is 19.5 Å². The van der Waals surface area contributed by atoms with E-state index in [1.807, 2.05) is 18.7 Å². The van der Waals surface area contributed by atoms with Crippen LogP contribution < -0.4 is 10.6 Å². The van der Waals surface area contributed by atoms with Gasteiger partial charge >= 0.3 is 0 Å². The molecule has 1 unspecified atom stereocenters.